The fraction of sp³-hybridized carbons (Fsp3) is 0.179. The molecule has 3 aromatic carbocycles. The first-order chi connectivity index (χ1) is 16.8. The van der Waals surface area contributed by atoms with Crippen LogP contribution in [0.25, 0.3) is 0 Å². The smallest absolute Gasteiger partial charge is 0.416 e. The van der Waals surface area contributed by atoms with Gasteiger partial charge in [-0.05, 0) is 53.6 Å². The fourth-order valence-electron chi connectivity index (χ4n) is 3.92. The second-order valence-corrected chi connectivity index (χ2v) is 8.20. The summed E-state index contributed by atoms with van der Waals surface area (Å²) >= 11 is 0. The monoisotopic (exact) mass is 478 g/mol. The maximum Gasteiger partial charge on any atom is 0.416 e. The highest BCUT2D eigenvalue weighted by Gasteiger charge is 2.31. The van der Waals surface area contributed by atoms with E-state index in [-0.39, 0.29) is 18.7 Å². The zero-order valence-electron chi connectivity index (χ0n) is 19.2. The van der Waals surface area contributed by atoms with E-state index in [2.05, 4.69) is 0 Å². The van der Waals surface area contributed by atoms with Crippen molar-refractivity contribution in [2.75, 3.05) is 7.11 Å². The molecule has 180 valence electrons. The molecule has 4 aromatic rings. The molecule has 0 spiro atoms. The molecule has 0 fully saturated rings. The molecule has 35 heavy (non-hydrogen) atoms. The molecule has 0 radical (unpaired) electrons. The third-order valence-corrected chi connectivity index (χ3v) is 5.70. The van der Waals surface area contributed by atoms with Crippen LogP contribution < -0.4 is 4.74 Å². The minimum Gasteiger partial charge on any atom is -0.497 e. The minimum atomic E-state index is -4.52. The van der Waals surface area contributed by atoms with E-state index < -0.39 is 17.6 Å². The van der Waals surface area contributed by atoms with Crippen LogP contribution >= 0.6 is 0 Å². The Morgan fingerprint density at radius 3 is 2.34 bits per heavy atom. The molecule has 1 heterocycles. The number of alkyl halides is 3. The molecule has 1 amide bonds. The highest BCUT2D eigenvalue weighted by atomic mass is 19.4. The van der Waals surface area contributed by atoms with Crippen molar-refractivity contribution in [1.29, 1.82) is 0 Å². The highest BCUT2D eigenvalue weighted by Crippen LogP contribution is 2.30. The minimum absolute atomic E-state index is 0.00154. The molecule has 0 atom stereocenters. The summed E-state index contributed by atoms with van der Waals surface area (Å²) in [5.74, 6) is 0.288. The molecule has 1 aromatic heterocycles. The second-order valence-electron chi connectivity index (χ2n) is 8.20. The number of hydrogen-bond acceptors (Lipinski definition) is 2. The Morgan fingerprint density at radius 1 is 0.857 bits per heavy atom. The van der Waals surface area contributed by atoms with Crippen LogP contribution in [0.15, 0.2) is 97.2 Å². The van der Waals surface area contributed by atoms with Gasteiger partial charge in [0.15, 0.2) is 0 Å². The molecule has 0 aliphatic heterocycles. The number of nitrogens with zero attached hydrogens (tertiary/aromatic N) is 2. The van der Waals surface area contributed by atoms with Gasteiger partial charge in [0, 0.05) is 30.5 Å². The van der Waals surface area contributed by atoms with Crippen molar-refractivity contribution in [3.8, 4) is 5.75 Å². The lowest BCUT2D eigenvalue weighted by atomic mass is 10.1. The van der Waals surface area contributed by atoms with Gasteiger partial charge in [-0.15, -0.1) is 0 Å². The molecule has 0 aliphatic rings. The normalized spacial score (nSPS) is 11.3. The van der Waals surface area contributed by atoms with E-state index >= 15 is 0 Å². The number of hydrogen-bond donors (Lipinski definition) is 0. The molecule has 4 rings (SSSR count). The van der Waals surface area contributed by atoms with Crippen molar-refractivity contribution < 1.29 is 22.7 Å². The Labute approximate surface area is 202 Å². The number of amides is 1. The zero-order valence-corrected chi connectivity index (χ0v) is 19.2. The number of ether oxygens (including phenoxy) is 1. The summed E-state index contributed by atoms with van der Waals surface area (Å²) in [6, 6.07) is 25.5. The molecule has 0 bridgehead atoms. The van der Waals surface area contributed by atoms with Gasteiger partial charge < -0.3 is 14.2 Å². The van der Waals surface area contributed by atoms with Crippen LogP contribution in [0.4, 0.5) is 13.2 Å². The standard InChI is InChI=1S/C28H25F3N2O2/c1-35-26-14-5-10-22(16-26)19-32-15-7-13-25(32)20-33(18-21-8-3-2-4-9-21)27(34)23-11-6-12-24(17-23)28(29,30)31/h2-17H,18-20H2,1H3. The van der Waals surface area contributed by atoms with E-state index in [0.717, 1.165) is 34.7 Å². The third-order valence-electron chi connectivity index (χ3n) is 5.70. The highest BCUT2D eigenvalue weighted by molar-refractivity contribution is 5.94. The van der Waals surface area contributed by atoms with E-state index in [1.165, 1.54) is 12.1 Å². The van der Waals surface area contributed by atoms with Gasteiger partial charge in [0.05, 0.1) is 19.2 Å². The molecule has 0 N–H and O–H groups in total. The first-order valence-electron chi connectivity index (χ1n) is 11.1. The first kappa shape index (κ1) is 24.1. The summed E-state index contributed by atoms with van der Waals surface area (Å²) in [6.45, 7) is 1.07. The summed E-state index contributed by atoms with van der Waals surface area (Å²) in [7, 11) is 1.61. The maximum atomic E-state index is 13.4. The summed E-state index contributed by atoms with van der Waals surface area (Å²) in [5.41, 5.74) is 1.94. The van der Waals surface area contributed by atoms with E-state index in [4.69, 9.17) is 4.74 Å². The van der Waals surface area contributed by atoms with Crippen molar-refractivity contribution in [2.24, 2.45) is 0 Å². The quantitative estimate of drug-likeness (QED) is 0.293. The van der Waals surface area contributed by atoms with Gasteiger partial charge in [0.1, 0.15) is 5.75 Å². The second kappa shape index (κ2) is 10.5. The lowest BCUT2D eigenvalue weighted by Gasteiger charge is -2.24. The SMILES string of the molecule is COc1cccc(Cn2cccc2CN(Cc2ccccc2)C(=O)c2cccc(C(F)(F)F)c2)c1. The van der Waals surface area contributed by atoms with Crippen LogP contribution in [-0.4, -0.2) is 22.5 Å². The summed E-state index contributed by atoms with van der Waals surface area (Å²) in [4.78, 5) is 15.0. The van der Waals surface area contributed by atoms with E-state index in [1.807, 2.05) is 77.5 Å². The molecular formula is C28H25F3N2O2. The number of rotatable bonds is 8. The number of aromatic nitrogens is 1. The number of benzene rings is 3. The van der Waals surface area contributed by atoms with Gasteiger partial charge in [-0.3, -0.25) is 4.79 Å². The predicted octanol–water partition coefficient (Wildman–Crippen LogP) is 6.41. The number of halogens is 3. The Morgan fingerprint density at radius 2 is 1.60 bits per heavy atom. The van der Waals surface area contributed by atoms with Crippen LogP contribution in [0.1, 0.15) is 32.7 Å². The van der Waals surface area contributed by atoms with Crippen LogP contribution in [0.2, 0.25) is 0 Å². The molecule has 0 unspecified atom stereocenters. The van der Waals surface area contributed by atoms with Crippen molar-refractivity contribution in [2.45, 2.75) is 25.8 Å². The fourth-order valence-corrected chi connectivity index (χ4v) is 3.92. The van der Waals surface area contributed by atoms with Gasteiger partial charge in [-0.1, -0.05) is 48.5 Å². The van der Waals surface area contributed by atoms with E-state index in [0.29, 0.717) is 6.54 Å². The van der Waals surface area contributed by atoms with Crippen LogP contribution in [-0.2, 0) is 25.8 Å². The number of carbonyl (C=O) groups is 1. The molecular weight excluding hydrogens is 453 g/mol. The van der Waals surface area contributed by atoms with Gasteiger partial charge >= 0.3 is 6.18 Å². The van der Waals surface area contributed by atoms with Crippen LogP contribution in [0.5, 0.6) is 5.75 Å². The topological polar surface area (TPSA) is 34.5 Å². The average Bonchev–Trinajstić information content (AvgIpc) is 3.29. The van der Waals surface area contributed by atoms with Gasteiger partial charge in [0.2, 0.25) is 0 Å². The Balaban J connectivity index is 1.62. The van der Waals surface area contributed by atoms with E-state index in [1.54, 1.807) is 12.0 Å². The first-order valence-corrected chi connectivity index (χ1v) is 11.1. The van der Waals surface area contributed by atoms with Gasteiger partial charge in [0.25, 0.3) is 5.91 Å². The third kappa shape index (κ3) is 6.12. The maximum absolute atomic E-state index is 13.4. The van der Waals surface area contributed by atoms with Crippen molar-refractivity contribution in [3.05, 3.63) is 125 Å². The predicted molar refractivity (Wildman–Crippen MR) is 128 cm³/mol. The molecule has 7 heteroatoms. The molecule has 0 saturated heterocycles. The average molecular weight is 479 g/mol. The lowest BCUT2D eigenvalue weighted by Crippen LogP contribution is -2.31. The summed E-state index contributed by atoms with van der Waals surface area (Å²) in [5, 5.41) is 0. The van der Waals surface area contributed by atoms with Crippen LogP contribution in [0, 0.1) is 0 Å². The Bertz CT molecular complexity index is 1280. The Hall–Kier alpha value is -4.00. The van der Waals surface area contributed by atoms with Gasteiger partial charge in [-0.25, -0.2) is 0 Å². The van der Waals surface area contributed by atoms with Crippen molar-refractivity contribution >= 4 is 5.91 Å². The number of carbonyl (C=O) groups excluding carboxylic acids is 1. The van der Waals surface area contributed by atoms with Crippen LogP contribution in [0.3, 0.4) is 0 Å². The summed E-state index contributed by atoms with van der Waals surface area (Å²) in [6.07, 6.45) is -2.60. The number of methoxy groups -OCH3 is 1. The van der Waals surface area contributed by atoms with Crippen molar-refractivity contribution in [1.82, 2.24) is 9.47 Å². The van der Waals surface area contributed by atoms with E-state index in [9.17, 15) is 18.0 Å². The largest absolute Gasteiger partial charge is 0.497 e. The van der Waals surface area contributed by atoms with Crippen molar-refractivity contribution in [3.63, 3.8) is 0 Å². The molecule has 0 aliphatic carbocycles. The molecule has 4 nitrogen and oxygen atoms in total. The summed E-state index contributed by atoms with van der Waals surface area (Å²) < 4.78 is 47.1. The Kier molecular flexibility index (Phi) is 7.25. The van der Waals surface area contributed by atoms with Gasteiger partial charge in [-0.2, -0.15) is 13.2 Å². The zero-order chi connectivity index (χ0) is 24.8. The molecule has 0 saturated carbocycles. The lowest BCUT2D eigenvalue weighted by molar-refractivity contribution is -0.137.